The molecule has 2 nitrogen and oxygen atoms in total. The first-order valence-electron chi connectivity index (χ1n) is 5.96. The Morgan fingerprint density at radius 1 is 1.11 bits per heavy atom. The van der Waals surface area contributed by atoms with Crippen molar-refractivity contribution >= 4 is 12.4 Å². The lowest BCUT2D eigenvalue weighted by Gasteiger charge is -2.25. The van der Waals surface area contributed by atoms with Crippen LogP contribution in [-0.2, 0) is 4.79 Å². The zero-order valence-electron chi connectivity index (χ0n) is 10.0. The number of fused-ring (bicyclic) bond motifs is 1. The molecule has 0 N–H and O–H groups in total. The summed E-state index contributed by atoms with van der Waals surface area (Å²) in [5, 5.41) is 0. The lowest BCUT2D eigenvalue weighted by atomic mass is 9.97. The maximum atomic E-state index is 13.2. The zero-order valence-corrected chi connectivity index (χ0v) is 10.0. The van der Waals surface area contributed by atoms with E-state index in [1.54, 1.807) is 12.1 Å². The van der Waals surface area contributed by atoms with Crippen molar-refractivity contribution < 1.29 is 13.9 Å². The second-order valence-electron chi connectivity index (χ2n) is 4.35. The molecule has 0 aromatic heterocycles. The molecule has 0 saturated heterocycles. The maximum Gasteiger partial charge on any atom is 0.152 e. The van der Waals surface area contributed by atoms with E-state index in [1.807, 2.05) is 30.3 Å². The van der Waals surface area contributed by atoms with E-state index in [1.165, 1.54) is 12.1 Å². The molecular weight excluding hydrogens is 243 g/mol. The number of carbonyl (C=O) groups is 1. The predicted molar refractivity (Wildman–Crippen MR) is 70.3 cm³/mol. The van der Waals surface area contributed by atoms with Crippen molar-refractivity contribution in [1.29, 1.82) is 0 Å². The number of hydrogen-bond acceptors (Lipinski definition) is 2. The number of aldehydes is 1. The van der Waals surface area contributed by atoms with E-state index in [2.05, 4.69) is 0 Å². The first kappa shape index (κ1) is 11.7. The SMILES string of the molecule is O=CC1=Cc2cc(F)ccc2O[C@@H]1c1ccccc1. The second kappa shape index (κ2) is 4.69. The van der Waals surface area contributed by atoms with Crippen molar-refractivity contribution in [2.75, 3.05) is 0 Å². The zero-order chi connectivity index (χ0) is 13.2. The van der Waals surface area contributed by atoms with E-state index in [9.17, 15) is 9.18 Å². The molecule has 0 unspecified atom stereocenters. The van der Waals surface area contributed by atoms with Crippen molar-refractivity contribution in [2.45, 2.75) is 6.10 Å². The fourth-order valence-corrected chi connectivity index (χ4v) is 2.17. The summed E-state index contributed by atoms with van der Waals surface area (Å²) in [5.41, 5.74) is 1.98. The van der Waals surface area contributed by atoms with Gasteiger partial charge in [0.15, 0.2) is 6.10 Å². The molecule has 1 aliphatic heterocycles. The molecule has 19 heavy (non-hydrogen) atoms. The second-order valence-corrected chi connectivity index (χ2v) is 4.35. The first-order chi connectivity index (χ1) is 9.28. The van der Waals surface area contributed by atoms with Crippen molar-refractivity contribution in [3.8, 4) is 5.75 Å². The average Bonchev–Trinajstić information content (AvgIpc) is 2.46. The molecule has 1 atom stereocenters. The minimum absolute atomic E-state index is 0.345. The Kier molecular flexibility index (Phi) is 2.88. The fourth-order valence-electron chi connectivity index (χ4n) is 2.17. The van der Waals surface area contributed by atoms with Crippen molar-refractivity contribution in [3.05, 3.63) is 71.0 Å². The highest BCUT2D eigenvalue weighted by molar-refractivity contribution is 5.85. The topological polar surface area (TPSA) is 26.3 Å². The van der Waals surface area contributed by atoms with Gasteiger partial charge in [-0.2, -0.15) is 0 Å². The van der Waals surface area contributed by atoms with Gasteiger partial charge >= 0.3 is 0 Å². The Labute approximate surface area is 110 Å². The van der Waals surface area contributed by atoms with Gasteiger partial charge in [0.2, 0.25) is 0 Å². The fraction of sp³-hybridized carbons (Fsp3) is 0.0625. The average molecular weight is 254 g/mol. The third kappa shape index (κ3) is 2.15. The van der Waals surface area contributed by atoms with E-state index >= 15 is 0 Å². The minimum atomic E-state index is -0.434. The van der Waals surface area contributed by atoms with E-state index < -0.39 is 6.10 Å². The normalized spacial score (nSPS) is 17.1. The summed E-state index contributed by atoms with van der Waals surface area (Å²) in [7, 11) is 0. The highest BCUT2D eigenvalue weighted by Crippen LogP contribution is 2.36. The molecule has 0 bridgehead atoms. The van der Waals surface area contributed by atoms with Crippen molar-refractivity contribution in [1.82, 2.24) is 0 Å². The summed E-state index contributed by atoms with van der Waals surface area (Å²) in [4.78, 5) is 11.2. The van der Waals surface area contributed by atoms with Gasteiger partial charge in [-0.15, -0.1) is 0 Å². The minimum Gasteiger partial charge on any atom is -0.480 e. The molecule has 94 valence electrons. The number of ether oxygens (including phenoxy) is 1. The Morgan fingerprint density at radius 2 is 1.89 bits per heavy atom. The molecule has 3 rings (SSSR count). The molecule has 0 amide bonds. The lowest BCUT2D eigenvalue weighted by Crippen LogP contribution is -2.15. The number of halogens is 1. The summed E-state index contributed by atoms with van der Waals surface area (Å²) in [6.45, 7) is 0. The van der Waals surface area contributed by atoms with Gasteiger partial charge < -0.3 is 4.74 Å². The summed E-state index contributed by atoms with van der Waals surface area (Å²) in [5.74, 6) is 0.239. The molecule has 2 aromatic rings. The summed E-state index contributed by atoms with van der Waals surface area (Å²) in [6, 6.07) is 13.8. The maximum absolute atomic E-state index is 13.2. The largest absolute Gasteiger partial charge is 0.480 e. The van der Waals surface area contributed by atoms with Gasteiger partial charge in [0, 0.05) is 11.1 Å². The number of rotatable bonds is 2. The number of benzene rings is 2. The van der Waals surface area contributed by atoms with Gasteiger partial charge in [0.25, 0.3) is 0 Å². The van der Waals surface area contributed by atoms with Crippen LogP contribution in [0.4, 0.5) is 4.39 Å². The summed E-state index contributed by atoms with van der Waals surface area (Å²) in [6.07, 6.45) is 2.00. The summed E-state index contributed by atoms with van der Waals surface area (Å²) >= 11 is 0. The van der Waals surface area contributed by atoms with E-state index in [0.717, 1.165) is 11.8 Å². The van der Waals surface area contributed by atoms with E-state index in [4.69, 9.17) is 4.74 Å². The lowest BCUT2D eigenvalue weighted by molar-refractivity contribution is -0.105. The van der Waals surface area contributed by atoms with Gasteiger partial charge in [-0.1, -0.05) is 30.3 Å². The quantitative estimate of drug-likeness (QED) is 0.766. The Bertz CT molecular complexity index is 647. The van der Waals surface area contributed by atoms with Gasteiger partial charge in [0.05, 0.1) is 0 Å². The third-order valence-corrected chi connectivity index (χ3v) is 3.08. The molecule has 0 spiro atoms. The van der Waals surface area contributed by atoms with Crippen LogP contribution in [0.5, 0.6) is 5.75 Å². The van der Waals surface area contributed by atoms with E-state index in [0.29, 0.717) is 16.9 Å². The molecule has 0 saturated carbocycles. The van der Waals surface area contributed by atoms with Gasteiger partial charge in [-0.05, 0) is 29.8 Å². The van der Waals surface area contributed by atoms with Crippen LogP contribution in [0.1, 0.15) is 17.2 Å². The highest BCUT2D eigenvalue weighted by Gasteiger charge is 2.24. The number of hydrogen-bond donors (Lipinski definition) is 0. The molecule has 1 heterocycles. The monoisotopic (exact) mass is 254 g/mol. The van der Waals surface area contributed by atoms with E-state index in [-0.39, 0.29) is 5.82 Å². The van der Waals surface area contributed by atoms with Gasteiger partial charge in [-0.3, -0.25) is 4.79 Å². The van der Waals surface area contributed by atoms with Crippen LogP contribution in [0.3, 0.4) is 0 Å². The predicted octanol–water partition coefficient (Wildman–Crippen LogP) is 3.54. The molecule has 3 heteroatoms. The highest BCUT2D eigenvalue weighted by atomic mass is 19.1. The van der Waals surface area contributed by atoms with Crippen LogP contribution in [0.25, 0.3) is 6.08 Å². The molecule has 0 aliphatic carbocycles. The van der Waals surface area contributed by atoms with Crippen LogP contribution < -0.4 is 4.74 Å². The first-order valence-corrected chi connectivity index (χ1v) is 5.96. The molecule has 1 aliphatic rings. The van der Waals surface area contributed by atoms with Gasteiger partial charge in [-0.25, -0.2) is 4.39 Å². The van der Waals surface area contributed by atoms with Crippen molar-refractivity contribution in [3.63, 3.8) is 0 Å². The molecule has 0 fully saturated rings. The van der Waals surface area contributed by atoms with Gasteiger partial charge in [0.1, 0.15) is 17.9 Å². The standard InChI is InChI=1S/C16H11FO2/c17-14-6-7-15-12(9-14)8-13(10-18)16(19-15)11-4-2-1-3-5-11/h1-10,16H/t16-/m1/s1. The number of carbonyl (C=O) groups excluding carboxylic acids is 1. The Morgan fingerprint density at radius 3 is 2.63 bits per heavy atom. The molecule has 2 aromatic carbocycles. The third-order valence-electron chi connectivity index (χ3n) is 3.08. The molecular formula is C16H11FO2. The Hall–Kier alpha value is -2.42. The van der Waals surface area contributed by atoms with Crippen LogP contribution in [0.15, 0.2) is 54.1 Å². The summed E-state index contributed by atoms with van der Waals surface area (Å²) < 4.78 is 19.0. The van der Waals surface area contributed by atoms with Crippen molar-refractivity contribution in [2.24, 2.45) is 0 Å². The van der Waals surface area contributed by atoms with Crippen LogP contribution in [0.2, 0.25) is 0 Å². The van der Waals surface area contributed by atoms with Crippen LogP contribution >= 0.6 is 0 Å². The van der Waals surface area contributed by atoms with Crippen LogP contribution in [0, 0.1) is 5.82 Å². The smallest absolute Gasteiger partial charge is 0.152 e. The van der Waals surface area contributed by atoms with Crippen LogP contribution in [-0.4, -0.2) is 6.29 Å². The Balaban J connectivity index is 2.07. The molecule has 0 radical (unpaired) electrons.